The van der Waals surface area contributed by atoms with E-state index in [0.717, 1.165) is 25.8 Å². The molecule has 0 spiro atoms. The first-order chi connectivity index (χ1) is 16.4. The predicted octanol–water partition coefficient (Wildman–Crippen LogP) is 3.08. The molecule has 0 saturated heterocycles. The van der Waals surface area contributed by atoms with Crippen molar-refractivity contribution in [1.82, 2.24) is 14.5 Å². The number of aryl methyl sites for hydroxylation is 1. The van der Waals surface area contributed by atoms with Crippen LogP contribution in [0.4, 0.5) is 10.1 Å². The molecule has 2 aromatic carbocycles. The van der Waals surface area contributed by atoms with Crippen LogP contribution >= 0.6 is 0 Å². The quantitative estimate of drug-likeness (QED) is 0.507. The highest BCUT2D eigenvalue weighted by molar-refractivity contribution is 7.90. The minimum atomic E-state index is -4.21. The number of benzene rings is 2. The molecule has 0 unspecified atom stereocenters. The van der Waals surface area contributed by atoms with Crippen LogP contribution in [0.15, 0.2) is 48.5 Å². The lowest BCUT2D eigenvalue weighted by molar-refractivity contribution is -0.139. The van der Waals surface area contributed by atoms with Gasteiger partial charge in [-0.2, -0.15) is 12.7 Å². The third kappa shape index (κ3) is 7.02. The van der Waals surface area contributed by atoms with E-state index in [-0.39, 0.29) is 24.2 Å². The van der Waals surface area contributed by atoms with E-state index >= 15 is 0 Å². The van der Waals surface area contributed by atoms with Crippen LogP contribution in [0.2, 0.25) is 0 Å². The highest BCUT2D eigenvalue weighted by atomic mass is 32.2. The summed E-state index contributed by atoms with van der Waals surface area (Å²) >= 11 is 0. The topological polar surface area (TPSA) is 90.0 Å². The van der Waals surface area contributed by atoms with Crippen molar-refractivity contribution in [2.75, 3.05) is 24.9 Å². The van der Waals surface area contributed by atoms with Gasteiger partial charge in [-0.3, -0.25) is 9.59 Å². The van der Waals surface area contributed by atoms with E-state index in [1.54, 1.807) is 6.92 Å². The molecule has 0 heterocycles. The molecular formula is C25H35FN4O4S. The van der Waals surface area contributed by atoms with Crippen LogP contribution in [0.1, 0.15) is 38.3 Å². The largest absolute Gasteiger partial charge is 0.352 e. The predicted molar refractivity (Wildman–Crippen MR) is 135 cm³/mol. The van der Waals surface area contributed by atoms with Crippen LogP contribution in [0.3, 0.4) is 0 Å². The van der Waals surface area contributed by atoms with Crippen molar-refractivity contribution in [3.8, 4) is 0 Å². The Morgan fingerprint density at radius 1 is 1.03 bits per heavy atom. The second-order valence-corrected chi connectivity index (χ2v) is 10.8. The van der Waals surface area contributed by atoms with Crippen LogP contribution in [0.25, 0.3) is 0 Å². The lowest BCUT2D eigenvalue weighted by Gasteiger charge is -2.33. The molecule has 0 aliphatic heterocycles. The zero-order chi connectivity index (χ0) is 26.3. The van der Waals surface area contributed by atoms with Gasteiger partial charge in [0.2, 0.25) is 11.8 Å². The summed E-state index contributed by atoms with van der Waals surface area (Å²) in [6.07, 6.45) is 0.715. The van der Waals surface area contributed by atoms with E-state index in [1.165, 1.54) is 37.2 Å². The minimum Gasteiger partial charge on any atom is -0.352 e. The van der Waals surface area contributed by atoms with Gasteiger partial charge in [-0.05, 0) is 50.5 Å². The van der Waals surface area contributed by atoms with E-state index in [2.05, 4.69) is 5.32 Å². The SMILES string of the molecule is CC[C@@H](C)NC(=O)[C@H](C)N(Cc1ccccc1C)C(=O)CN(c1ccccc1F)S(=O)(=O)N(C)C. The summed E-state index contributed by atoms with van der Waals surface area (Å²) in [5.41, 5.74) is 1.49. The molecule has 2 atom stereocenters. The second kappa shape index (κ2) is 12.1. The molecule has 0 radical (unpaired) electrons. The minimum absolute atomic E-state index is 0.0910. The molecular weight excluding hydrogens is 471 g/mol. The molecule has 2 rings (SSSR count). The summed E-state index contributed by atoms with van der Waals surface area (Å²) in [7, 11) is -1.60. The number of nitrogens with one attached hydrogen (secondary N) is 1. The van der Waals surface area contributed by atoms with E-state index in [4.69, 9.17) is 0 Å². The van der Waals surface area contributed by atoms with Crippen molar-refractivity contribution in [2.24, 2.45) is 0 Å². The Labute approximate surface area is 207 Å². The third-order valence-electron chi connectivity index (χ3n) is 5.91. The Hall–Kier alpha value is -2.98. The van der Waals surface area contributed by atoms with E-state index in [1.807, 2.05) is 45.0 Å². The number of hydrogen-bond donors (Lipinski definition) is 1. The van der Waals surface area contributed by atoms with Crippen LogP contribution in [-0.4, -0.2) is 62.2 Å². The number of amides is 2. The molecule has 2 aromatic rings. The molecule has 0 bridgehead atoms. The van der Waals surface area contributed by atoms with Crippen molar-refractivity contribution < 1.29 is 22.4 Å². The van der Waals surface area contributed by atoms with Crippen molar-refractivity contribution >= 4 is 27.7 Å². The number of rotatable bonds is 11. The van der Waals surface area contributed by atoms with Gasteiger partial charge in [0.05, 0.1) is 5.69 Å². The normalized spacial score (nSPS) is 13.3. The standard InChI is InChI=1S/C25H35FN4O4S/c1-7-19(3)27-25(32)20(4)29(16-21-13-9-8-12-18(21)2)24(31)17-30(35(33,34)28(5)6)23-15-11-10-14-22(23)26/h8-15,19-20H,7,16-17H2,1-6H3,(H,27,32)/t19-,20+/m1/s1. The Kier molecular flexibility index (Phi) is 9.79. The number of anilines is 1. The van der Waals surface area contributed by atoms with Gasteiger partial charge in [0, 0.05) is 26.7 Å². The van der Waals surface area contributed by atoms with Gasteiger partial charge in [0.15, 0.2) is 0 Å². The third-order valence-corrected chi connectivity index (χ3v) is 7.72. The Bertz CT molecular complexity index is 1140. The van der Waals surface area contributed by atoms with Crippen LogP contribution in [0.5, 0.6) is 0 Å². The van der Waals surface area contributed by atoms with Gasteiger partial charge in [0.1, 0.15) is 18.4 Å². The lowest BCUT2D eigenvalue weighted by Crippen LogP contribution is -2.53. The van der Waals surface area contributed by atoms with Gasteiger partial charge in [0.25, 0.3) is 0 Å². The van der Waals surface area contributed by atoms with Crippen molar-refractivity contribution in [2.45, 2.75) is 52.7 Å². The fraction of sp³-hybridized carbons (Fsp3) is 0.440. The fourth-order valence-corrected chi connectivity index (χ4v) is 4.44. The van der Waals surface area contributed by atoms with Crippen molar-refractivity contribution in [3.63, 3.8) is 0 Å². The van der Waals surface area contributed by atoms with Crippen LogP contribution in [-0.2, 0) is 26.3 Å². The average molecular weight is 507 g/mol. The maximum absolute atomic E-state index is 14.6. The van der Waals surface area contributed by atoms with E-state index < -0.39 is 34.5 Å². The van der Waals surface area contributed by atoms with Gasteiger partial charge in [-0.15, -0.1) is 0 Å². The number of carbonyl (C=O) groups excluding carboxylic acids is 2. The summed E-state index contributed by atoms with van der Waals surface area (Å²) in [5.74, 6) is -1.76. The first kappa shape index (κ1) is 28.3. The number of para-hydroxylation sites is 1. The molecule has 10 heteroatoms. The van der Waals surface area contributed by atoms with E-state index in [9.17, 15) is 22.4 Å². The number of nitrogens with zero attached hydrogens (tertiary/aromatic N) is 3. The number of halogens is 1. The average Bonchev–Trinajstić information content (AvgIpc) is 2.81. The molecule has 0 fully saturated rings. The van der Waals surface area contributed by atoms with Gasteiger partial charge in [-0.25, -0.2) is 8.70 Å². The van der Waals surface area contributed by atoms with Gasteiger partial charge >= 0.3 is 10.2 Å². The lowest BCUT2D eigenvalue weighted by atomic mass is 10.1. The summed E-state index contributed by atoms with van der Waals surface area (Å²) in [5, 5.41) is 2.87. The fourth-order valence-electron chi connectivity index (χ4n) is 3.37. The summed E-state index contributed by atoms with van der Waals surface area (Å²) in [6.45, 7) is 6.71. The molecule has 192 valence electrons. The summed E-state index contributed by atoms with van der Waals surface area (Å²) in [4.78, 5) is 27.9. The Morgan fingerprint density at radius 3 is 2.20 bits per heavy atom. The number of carbonyl (C=O) groups is 2. The zero-order valence-corrected chi connectivity index (χ0v) is 22.0. The van der Waals surface area contributed by atoms with Gasteiger partial charge in [-0.1, -0.05) is 43.3 Å². The van der Waals surface area contributed by atoms with Crippen LogP contribution < -0.4 is 9.62 Å². The van der Waals surface area contributed by atoms with Crippen LogP contribution in [0, 0.1) is 12.7 Å². The van der Waals surface area contributed by atoms with Crippen molar-refractivity contribution in [3.05, 3.63) is 65.5 Å². The Balaban J connectivity index is 2.48. The maximum atomic E-state index is 14.6. The highest BCUT2D eigenvalue weighted by Crippen LogP contribution is 2.24. The second-order valence-electron chi connectivity index (χ2n) is 8.69. The highest BCUT2D eigenvalue weighted by Gasteiger charge is 2.34. The first-order valence-corrected chi connectivity index (χ1v) is 12.9. The smallest absolute Gasteiger partial charge is 0.304 e. The Morgan fingerprint density at radius 2 is 1.63 bits per heavy atom. The molecule has 0 saturated carbocycles. The molecule has 1 N–H and O–H groups in total. The number of hydrogen-bond acceptors (Lipinski definition) is 4. The first-order valence-electron chi connectivity index (χ1n) is 11.5. The molecule has 0 aromatic heterocycles. The van der Waals surface area contributed by atoms with Gasteiger partial charge < -0.3 is 10.2 Å². The molecule has 0 aliphatic rings. The molecule has 8 nitrogen and oxygen atoms in total. The molecule has 0 aliphatic carbocycles. The van der Waals surface area contributed by atoms with E-state index in [0.29, 0.717) is 6.42 Å². The summed E-state index contributed by atoms with van der Waals surface area (Å²) in [6, 6.07) is 11.8. The molecule has 2 amide bonds. The summed E-state index contributed by atoms with van der Waals surface area (Å²) < 4.78 is 42.4. The maximum Gasteiger partial charge on any atom is 0.304 e. The molecule has 35 heavy (non-hydrogen) atoms. The monoisotopic (exact) mass is 506 g/mol. The zero-order valence-electron chi connectivity index (χ0n) is 21.2. The van der Waals surface area contributed by atoms with Crippen molar-refractivity contribution in [1.29, 1.82) is 0 Å².